The van der Waals surface area contributed by atoms with Crippen molar-refractivity contribution in [3.8, 4) is 0 Å². The summed E-state index contributed by atoms with van der Waals surface area (Å²) in [4.78, 5) is 24.3. The molecule has 5 nitrogen and oxygen atoms in total. The first-order valence-corrected chi connectivity index (χ1v) is 10.2. The van der Waals surface area contributed by atoms with Gasteiger partial charge in [-0.25, -0.2) is 0 Å². The molecule has 4 rings (SSSR count). The van der Waals surface area contributed by atoms with Crippen LogP contribution in [-0.4, -0.2) is 45.2 Å². The van der Waals surface area contributed by atoms with Crippen LogP contribution in [0.4, 0.5) is 0 Å². The van der Waals surface area contributed by atoms with Crippen LogP contribution >= 0.6 is 0 Å². The smallest absolute Gasteiger partial charge is 0.190 e. The van der Waals surface area contributed by atoms with Gasteiger partial charge in [0.25, 0.3) is 0 Å². The third-order valence-corrected chi connectivity index (χ3v) is 9.17. The van der Waals surface area contributed by atoms with Crippen molar-refractivity contribution in [3.63, 3.8) is 0 Å². The maximum Gasteiger partial charge on any atom is 0.190 e. The number of rotatable bonds is 2. The molecule has 8 atom stereocenters. The molecule has 0 radical (unpaired) electrons. The molecule has 5 unspecified atom stereocenters. The fourth-order valence-corrected chi connectivity index (χ4v) is 7.76. The molecule has 3 N–H and O–H groups in total. The molecular formula is C21H32O5. The summed E-state index contributed by atoms with van der Waals surface area (Å²) in [5.41, 5.74) is -2.24. The van der Waals surface area contributed by atoms with Crippen LogP contribution < -0.4 is 0 Å². The summed E-state index contributed by atoms with van der Waals surface area (Å²) < 4.78 is 0. The zero-order chi connectivity index (χ0) is 18.9. The first kappa shape index (κ1) is 18.6. The predicted molar refractivity (Wildman–Crippen MR) is 95.2 cm³/mol. The van der Waals surface area contributed by atoms with Crippen molar-refractivity contribution in [2.24, 2.45) is 34.5 Å². The van der Waals surface area contributed by atoms with Crippen molar-refractivity contribution in [1.82, 2.24) is 0 Å². The van der Waals surface area contributed by atoms with E-state index >= 15 is 0 Å². The molecule has 0 spiro atoms. The second-order valence-corrected chi connectivity index (χ2v) is 9.99. The maximum atomic E-state index is 12.4. The average Bonchev–Trinajstić information content (AvgIpc) is 2.86. The Kier molecular flexibility index (Phi) is 4.18. The minimum absolute atomic E-state index is 0.0285. The zero-order valence-corrected chi connectivity index (χ0v) is 15.9. The Balaban J connectivity index is 1.70. The number of aliphatic hydroxyl groups excluding tert-OH is 2. The molecule has 4 saturated carbocycles. The lowest BCUT2D eigenvalue weighted by molar-refractivity contribution is -0.198. The Bertz CT molecular complexity index is 632. The highest BCUT2D eigenvalue weighted by Gasteiger charge is 2.68. The largest absolute Gasteiger partial charge is 0.393 e. The highest BCUT2D eigenvalue weighted by molar-refractivity contribution is 5.89. The highest BCUT2D eigenvalue weighted by Crippen LogP contribution is 2.68. The number of hydrogen-bond donors (Lipinski definition) is 3. The average molecular weight is 364 g/mol. The van der Waals surface area contributed by atoms with Gasteiger partial charge in [0, 0.05) is 18.3 Å². The van der Waals surface area contributed by atoms with Crippen LogP contribution in [0.5, 0.6) is 0 Å². The second kappa shape index (κ2) is 5.86. The van der Waals surface area contributed by atoms with Gasteiger partial charge in [0.05, 0.1) is 6.10 Å². The summed E-state index contributed by atoms with van der Waals surface area (Å²) in [6, 6.07) is 0. The Labute approximate surface area is 155 Å². The Morgan fingerprint density at radius 2 is 1.92 bits per heavy atom. The molecule has 0 aliphatic heterocycles. The second-order valence-electron chi connectivity index (χ2n) is 9.99. The number of ketones is 2. The van der Waals surface area contributed by atoms with Crippen molar-refractivity contribution >= 4 is 11.6 Å². The van der Waals surface area contributed by atoms with E-state index in [-0.39, 0.29) is 23.2 Å². The first-order chi connectivity index (χ1) is 12.2. The molecule has 146 valence electrons. The summed E-state index contributed by atoms with van der Waals surface area (Å²) in [7, 11) is 0. The van der Waals surface area contributed by atoms with Crippen LogP contribution in [0.1, 0.15) is 65.2 Å². The van der Waals surface area contributed by atoms with Crippen molar-refractivity contribution < 1.29 is 24.9 Å². The minimum Gasteiger partial charge on any atom is -0.393 e. The fraction of sp³-hybridized carbons (Fsp3) is 0.905. The molecule has 4 aliphatic carbocycles. The zero-order valence-electron chi connectivity index (χ0n) is 15.9. The first-order valence-electron chi connectivity index (χ1n) is 10.2. The van der Waals surface area contributed by atoms with E-state index < -0.39 is 29.5 Å². The molecule has 4 fully saturated rings. The molecule has 26 heavy (non-hydrogen) atoms. The van der Waals surface area contributed by atoms with Crippen molar-refractivity contribution in [2.45, 2.75) is 76.9 Å². The Morgan fingerprint density at radius 1 is 1.19 bits per heavy atom. The highest BCUT2D eigenvalue weighted by atomic mass is 16.3. The Hall–Kier alpha value is -0.780. The van der Waals surface area contributed by atoms with Gasteiger partial charge in [-0.15, -0.1) is 0 Å². The van der Waals surface area contributed by atoms with E-state index in [9.17, 15) is 24.9 Å². The molecule has 0 aromatic carbocycles. The summed E-state index contributed by atoms with van der Waals surface area (Å²) in [5.74, 6) is 0.800. The lowest BCUT2D eigenvalue weighted by Crippen LogP contribution is -2.63. The van der Waals surface area contributed by atoms with Gasteiger partial charge in [-0.3, -0.25) is 9.59 Å². The molecule has 0 aromatic rings. The van der Waals surface area contributed by atoms with Crippen LogP contribution in [0.3, 0.4) is 0 Å². The van der Waals surface area contributed by atoms with Crippen molar-refractivity contribution in [3.05, 3.63) is 0 Å². The lowest BCUT2D eigenvalue weighted by Gasteiger charge is -2.62. The monoisotopic (exact) mass is 364 g/mol. The summed E-state index contributed by atoms with van der Waals surface area (Å²) in [5, 5.41) is 31.8. The molecule has 4 aliphatic rings. The predicted octanol–water partition coefficient (Wildman–Crippen LogP) is 1.86. The molecule has 0 saturated heterocycles. The molecule has 0 aromatic heterocycles. The maximum absolute atomic E-state index is 12.4. The van der Waals surface area contributed by atoms with E-state index in [0.29, 0.717) is 37.4 Å². The van der Waals surface area contributed by atoms with E-state index in [4.69, 9.17) is 0 Å². The van der Waals surface area contributed by atoms with Crippen molar-refractivity contribution in [1.29, 1.82) is 0 Å². The molecular weight excluding hydrogens is 332 g/mol. The van der Waals surface area contributed by atoms with Crippen LogP contribution in [-0.2, 0) is 9.59 Å². The third kappa shape index (κ3) is 2.20. The van der Waals surface area contributed by atoms with E-state index in [1.807, 2.05) is 6.92 Å². The number of fused-ring (bicyclic) bond motifs is 5. The quantitative estimate of drug-likeness (QED) is 0.695. The van der Waals surface area contributed by atoms with Gasteiger partial charge < -0.3 is 15.3 Å². The van der Waals surface area contributed by atoms with E-state index in [0.717, 1.165) is 25.7 Å². The standard InChI is InChI=1S/C21H32O5/c1-19-7-5-13(23)9-12(19)3-4-14-15-6-8-21(26,17(25)11-22)20(15,2)10-16(24)18(14)19/h12,14-16,18,22,24,26H,3-11H2,1-2H3/t12?,14?,15?,16?,18?,19-,20-,21-/m0/s1. The number of aliphatic hydroxyl groups is 3. The summed E-state index contributed by atoms with van der Waals surface area (Å²) >= 11 is 0. The van der Waals surface area contributed by atoms with Gasteiger partial charge in [-0.1, -0.05) is 13.8 Å². The number of hydrogen-bond acceptors (Lipinski definition) is 5. The van der Waals surface area contributed by atoms with Gasteiger partial charge in [0.2, 0.25) is 0 Å². The third-order valence-electron chi connectivity index (χ3n) is 9.17. The topological polar surface area (TPSA) is 94.8 Å². The van der Waals surface area contributed by atoms with Crippen molar-refractivity contribution in [2.75, 3.05) is 6.61 Å². The lowest BCUT2D eigenvalue weighted by atomic mass is 9.43. The van der Waals surface area contributed by atoms with Gasteiger partial charge in [0.1, 0.15) is 18.0 Å². The van der Waals surface area contributed by atoms with E-state index in [1.54, 1.807) is 0 Å². The number of Topliss-reactive ketones (excluding diaryl/α,β-unsaturated/α-hetero) is 2. The van der Waals surface area contributed by atoms with E-state index in [2.05, 4.69) is 6.92 Å². The van der Waals surface area contributed by atoms with Crippen LogP contribution in [0.15, 0.2) is 0 Å². The summed E-state index contributed by atoms with van der Waals surface area (Å²) in [6.07, 6.45) is 5.02. The number of carbonyl (C=O) groups is 2. The van der Waals surface area contributed by atoms with E-state index in [1.165, 1.54) is 0 Å². The minimum atomic E-state index is -1.53. The molecule has 0 amide bonds. The molecule has 5 heteroatoms. The van der Waals surface area contributed by atoms with Crippen LogP contribution in [0, 0.1) is 34.5 Å². The molecule has 0 heterocycles. The van der Waals surface area contributed by atoms with Gasteiger partial charge in [-0.2, -0.15) is 0 Å². The molecule has 0 bridgehead atoms. The van der Waals surface area contributed by atoms with Gasteiger partial charge >= 0.3 is 0 Å². The van der Waals surface area contributed by atoms with Gasteiger partial charge in [-0.05, 0) is 67.6 Å². The van der Waals surface area contributed by atoms with Crippen LogP contribution in [0.25, 0.3) is 0 Å². The Morgan fingerprint density at radius 3 is 2.62 bits per heavy atom. The van der Waals surface area contributed by atoms with Gasteiger partial charge in [0.15, 0.2) is 5.78 Å². The number of carbonyl (C=O) groups excluding carboxylic acids is 2. The summed E-state index contributed by atoms with van der Waals surface area (Å²) in [6.45, 7) is 3.55. The SMILES string of the molecule is C[C@]12CCC(=O)CC1CCC1C2C(O)C[C@@]2(C)C1CC[C@]2(O)C(=O)CO. The fourth-order valence-electron chi connectivity index (χ4n) is 7.76. The normalized spacial score (nSPS) is 53.6. The van der Waals surface area contributed by atoms with Crippen LogP contribution in [0.2, 0.25) is 0 Å².